The molecule has 1 N–H and O–H groups in total. The van der Waals surface area contributed by atoms with Crippen LogP contribution in [0.2, 0.25) is 0 Å². The third-order valence-electron chi connectivity index (χ3n) is 3.01. The Morgan fingerprint density at radius 3 is 2.53 bits per heavy atom. The monoisotopic (exact) mass is 250 g/mol. The van der Waals surface area contributed by atoms with Crippen LogP contribution in [0.25, 0.3) is 0 Å². The van der Waals surface area contributed by atoms with E-state index in [9.17, 15) is 5.11 Å². The molecule has 0 aromatic carbocycles. The lowest BCUT2D eigenvalue weighted by Gasteiger charge is -2.08. The van der Waals surface area contributed by atoms with E-state index in [1.54, 1.807) is 11.3 Å². The lowest BCUT2D eigenvalue weighted by molar-refractivity contribution is 0.179. The molecule has 3 nitrogen and oxygen atoms in total. The summed E-state index contributed by atoms with van der Waals surface area (Å²) >= 11 is 1.67. The second-order valence-corrected chi connectivity index (χ2v) is 5.80. The first-order valence-corrected chi connectivity index (χ1v) is 6.53. The summed E-state index contributed by atoms with van der Waals surface area (Å²) in [6, 6.07) is 4.10. The molecule has 0 aliphatic carbocycles. The van der Waals surface area contributed by atoms with Crippen molar-refractivity contribution in [3.8, 4) is 0 Å². The predicted molar refractivity (Wildman–Crippen MR) is 70.4 cm³/mol. The number of rotatable bonds is 3. The van der Waals surface area contributed by atoms with Gasteiger partial charge in [0.2, 0.25) is 0 Å². The number of aliphatic hydroxyl groups is 1. The van der Waals surface area contributed by atoms with Crippen molar-refractivity contribution in [1.82, 2.24) is 9.78 Å². The van der Waals surface area contributed by atoms with E-state index in [2.05, 4.69) is 25.0 Å². The maximum absolute atomic E-state index is 10.2. The molecule has 0 fully saturated rings. The Labute approximate surface area is 106 Å². The molecule has 0 radical (unpaired) electrons. The van der Waals surface area contributed by atoms with Crippen molar-refractivity contribution < 1.29 is 5.11 Å². The zero-order valence-electron chi connectivity index (χ0n) is 10.7. The van der Waals surface area contributed by atoms with Crippen molar-refractivity contribution in [2.24, 2.45) is 7.05 Å². The molecule has 2 aromatic rings. The Morgan fingerprint density at radius 2 is 2.06 bits per heavy atom. The van der Waals surface area contributed by atoms with Crippen molar-refractivity contribution in [3.05, 3.63) is 38.8 Å². The molecular formula is C13H18N2OS. The first-order valence-electron chi connectivity index (χ1n) is 5.72. The Balaban J connectivity index is 2.16. The molecule has 0 bridgehead atoms. The minimum atomic E-state index is -0.429. The van der Waals surface area contributed by atoms with Gasteiger partial charge >= 0.3 is 0 Å². The fourth-order valence-electron chi connectivity index (χ4n) is 1.92. The van der Waals surface area contributed by atoms with Gasteiger partial charge in [0.15, 0.2) is 0 Å². The summed E-state index contributed by atoms with van der Waals surface area (Å²) in [5, 5.41) is 14.5. The van der Waals surface area contributed by atoms with Crippen LogP contribution in [0.5, 0.6) is 0 Å². The molecular weight excluding hydrogens is 232 g/mol. The van der Waals surface area contributed by atoms with Gasteiger partial charge in [-0.1, -0.05) is 0 Å². The van der Waals surface area contributed by atoms with Gasteiger partial charge in [0.1, 0.15) is 0 Å². The summed E-state index contributed by atoms with van der Waals surface area (Å²) in [5.41, 5.74) is 3.32. The van der Waals surface area contributed by atoms with Gasteiger partial charge in [0, 0.05) is 28.9 Å². The normalized spacial score (nSPS) is 13.0. The van der Waals surface area contributed by atoms with Crippen molar-refractivity contribution in [1.29, 1.82) is 0 Å². The summed E-state index contributed by atoms with van der Waals surface area (Å²) in [5.74, 6) is 0. The minimum absolute atomic E-state index is 0.429. The molecule has 1 unspecified atom stereocenters. The SMILES string of the molecule is Cc1cc(CC(O)c2cc(C)c(C)s2)n(C)n1. The van der Waals surface area contributed by atoms with Gasteiger partial charge in [-0.3, -0.25) is 4.68 Å². The Bertz CT molecular complexity index is 508. The third kappa shape index (κ3) is 2.58. The summed E-state index contributed by atoms with van der Waals surface area (Å²) < 4.78 is 1.84. The fraction of sp³-hybridized carbons (Fsp3) is 0.462. The smallest absolute Gasteiger partial charge is 0.0937 e. The zero-order chi connectivity index (χ0) is 12.6. The molecule has 0 spiro atoms. The molecule has 0 saturated carbocycles. The van der Waals surface area contributed by atoms with E-state index < -0.39 is 6.10 Å². The molecule has 0 amide bonds. The quantitative estimate of drug-likeness (QED) is 0.909. The van der Waals surface area contributed by atoms with E-state index in [1.807, 2.05) is 24.7 Å². The highest BCUT2D eigenvalue weighted by atomic mass is 32.1. The van der Waals surface area contributed by atoms with Crippen LogP contribution in [-0.4, -0.2) is 14.9 Å². The van der Waals surface area contributed by atoms with E-state index in [4.69, 9.17) is 0 Å². The van der Waals surface area contributed by atoms with Gasteiger partial charge in [-0.15, -0.1) is 11.3 Å². The number of aryl methyl sites for hydroxylation is 4. The van der Waals surface area contributed by atoms with Crippen LogP contribution in [0.15, 0.2) is 12.1 Å². The zero-order valence-corrected chi connectivity index (χ0v) is 11.5. The standard InChI is InChI=1S/C13H18N2OS/c1-8-5-13(17-10(8)3)12(16)7-11-6-9(2)14-15(11)4/h5-6,12,16H,7H2,1-4H3. The van der Waals surface area contributed by atoms with Gasteiger partial charge in [0.05, 0.1) is 11.8 Å². The lowest BCUT2D eigenvalue weighted by atomic mass is 10.1. The number of hydrogen-bond acceptors (Lipinski definition) is 3. The summed E-state index contributed by atoms with van der Waals surface area (Å²) in [4.78, 5) is 2.32. The van der Waals surface area contributed by atoms with Crippen LogP contribution >= 0.6 is 11.3 Å². The van der Waals surface area contributed by atoms with Gasteiger partial charge in [0.25, 0.3) is 0 Å². The molecule has 2 rings (SSSR count). The van der Waals surface area contributed by atoms with Crippen molar-refractivity contribution in [2.75, 3.05) is 0 Å². The number of aliphatic hydroxyl groups excluding tert-OH is 1. The molecule has 4 heteroatoms. The molecule has 0 aliphatic rings. The van der Waals surface area contributed by atoms with Crippen LogP contribution in [0.1, 0.15) is 32.8 Å². The molecule has 2 aromatic heterocycles. The van der Waals surface area contributed by atoms with Crippen LogP contribution in [0.3, 0.4) is 0 Å². The van der Waals surface area contributed by atoms with Gasteiger partial charge < -0.3 is 5.11 Å². The lowest BCUT2D eigenvalue weighted by Crippen LogP contribution is -2.05. The maximum atomic E-state index is 10.2. The largest absolute Gasteiger partial charge is 0.387 e. The Hall–Kier alpha value is -1.13. The first-order chi connectivity index (χ1) is 7.97. The third-order valence-corrected chi connectivity index (χ3v) is 4.27. The molecule has 0 saturated heterocycles. The van der Waals surface area contributed by atoms with Crippen LogP contribution in [-0.2, 0) is 13.5 Å². The number of nitrogens with zero attached hydrogens (tertiary/aromatic N) is 2. The average Bonchev–Trinajstić information content (AvgIpc) is 2.72. The molecule has 17 heavy (non-hydrogen) atoms. The van der Waals surface area contributed by atoms with E-state index in [-0.39, 0.29) is 0 Å². The second kappa shape index (κ2) is 4.63. The van der Waals surface area contributed by atoms with E-state index >= 15 is 0 Å². The maximum Gasteiger partial charge on any atom is 0.0937 e. The highest BCUT2D eigenvalue weighted by molar-refractivity contribution is 7.12. The highest BCUT2D eigenvalue weighted by Gasteiger charge is 2.14. The number of aromatic nitrogens is 2. The second-order valence-electron chi connectivity index (χ2n) is 4.51. The Kier molecular flexibility index (Phi) is 3.35. The highest BCUT2D eigenvalue weighted by Crippen LogP contribution is 2.28. The van der Waals surface area contributed by atoms with Crippen molar-refractivity contribution in [2.45, 2.75) is 33.3 Å². The summed E-state index contributed by atoms with van der Waals surface area (Å²) in [7, 11) is 1.92. The summed E-state index contributed by atoms with van der Waals surface area (Å²) in [6.07, 6.45) is 0.193. The Morgan fingerprint density at radius 1 is 1.35 bits per heavy atom. The van der Waals surface area contributed by atoms with E-state index in [0.717, 1.165) is 16.3 Å². The van der Waals surface area contributed by atoms with Gasteiger partial charge in [-0.25, -0.2) is 0 Å². The topological polar surface area (TPSA) is 38.0 Å². The molecule has 0 aliphatic heterocycles. The number of hydrogen-bond donors (Lipinski definition) is 1. The molecule has 92 valence electrons. The average molecular weight is 250 g/mol. The molecule has 2 heterocycles. The van der Waals surface area contributed by atoms with Crippen molar-refractivity contribution >= 4 is 11.3 Å². The number of thiophene rings is 1. The summed E-state index contributed by atoms with van der Waals surface area (Å²) in [6.45, 7) is 6.13. The van der Waals surface area contributed by atoms with Crippen LogP contribution in [0, 0.1) is 20.8 Å². The van der Waals surface area contributed by atoms with E-state index in [0.29, 0.717) is 6.42 Å². The van der Waals surface area contributed by atoms with Crippen LogP contribution in [0.4, 0.5) is 0 Å². The van der Waals surface area contributed by atoms with E-state index in [1.165, 1.54) is 10.4 Å². The first kappa shape index (κ1) is 12.3. The van der Waals surface area contributed by atoms with Gasteiger partial charge in [-0.05, 0) is 38.5 Å². The minimum Gasteiger partial charge on any atom is -0.387 e. The van der Waals surface area contributed by atoms with Gasteiger partial charge in [-0.2, -0.15) is 5.10 Å². The van der Waals surface area contributed by atoms with Crippen molar-refractivity contribution in [3.63, 3.8) is 0 Å². The molecule has 1 atom stereocenters. The van der Waals surface area contributed by atoms with Crippen LogP contribution < -0.4 is 0 Å². The fourth-order valence-corrected chi connectivity index (χ4v) is 2.95. The predicted octanol–water partition coefficient (Wildman–Crippen LogP) is 2.68.